The van der Waals surface area contributed by atoms with Crippen LogP contribution >= 0.6 is 0 Å². The van der Waals surface area contributed by atoms with E-state index >= 15 is 0 Å². The summed E-state index contributed by atoms with van der Waals surface area (Å²) in [5.41, 5.74) is 0.743. The van der Waals surface area contributed by atoms with Crippen LogP contribution in [0.4, 0.5) is 5.69 Å². The van der Waals surface area contributed by atoms with Gasteiger partial charge in [0.2, 0.25) is 0 Å². The van der Waals surface area contributed by atoms with Crippen LogP contribution in [0.3, 0.4) is 0 Å². The Morgan fingerprint density at radius 2 is 2.21 bits per heavy atom. The van der Waals surface area contributed by atoms with Gasteiger partial charge in [0.25, 0.3) is 5.69 Å². The van der Waals surface area contributed by atoms with Gasteiger partial charge in [-0.05, 0) is 25.8 Å². The maximum absolute atomic E-state index is 10.6. The van der Waals surface area contributed by atoms with Crippen molar-refractivity contribution in [1.29, 1.82) is 0 Å². The zero-order valence-corrected chi connectivity index (χ0v) is 7.90. The van der Waals surface area contributed by atoms with Gasteiger partial charge >= 0.3 is 0 Å². The summed E-state index contributed by atoms with van der Waals surface area (Å²) in [6.07, 6.45) is 2.39. The minimum atomic E-state index is -0.380. The molecule has 1 aliphatic rings. The van der Waals surface area contributed by atoms with Crippen LogP contribution in [0, 0.1) is 17.0 Å². The number of rotatable bonds is 3. The second-order valence-electron chi connectivity index (χ2n) is 3.47. The molecule has 0 radical (unpaired) electrons. The molecule has 4 nitrogen and oxygen atoms in total. The zero-order valence-electron chi connectivity index (χ0n) is 7.90. The van der Waals surface area contributed by atoms with E-state index in [2.05, 4.69) is 0 Å². The van der Waals surface area contributed by atoms with E-state index in [1.807, 2.05) is 0 Å². The molecule has 0 heterocycles. The zero-order chi connectivity index (χ0) is 10.1. The van der Waals surface area contributed by atoms with Crippen molar-refractivity contribution in [2.75, 3.05) is 0 Å². The number of nitro benzene ring substituents is 1. The van der Waals surface area contributed by atoms with Crippen LogP contribution in [0.25, 0.3) is 0 Å². The minimum Gasteiger partial charge on any atom is -0.490 e. The van der Waals surface area contributed by atoms with Crippen LogP contribution in [0.2, 0.25) is 0 Å². The highest BCUT2D eigenvalue weighted by atomic mass is 16.6. The Hall–Kier alpha value is -1.58. The molecule has 0 atom stereocenters. The van der Waals surface area contributed by atoms with Gasteiger partial charge in [-0.2, -0.15) is 0 Å². The molecule has 1 aromatic carbocycles. The van der Waals surface area contributed by atoms with Gasteiger partial charge in [-0.1, -0.05) is 6.07 Å². The van der Waals surface area contributed by atoms with Crippen molar-refractivity contribution in [3.05, 3.63) is 33.9 Å². The molecule has 0 amide bonds. The van der Waals surface area contributed by atoms with E-state index in [4.69, 9.17) is 4.74 Å². The smallest absolute Gasteiger partial charge is 0.276 e. The van der Waals surface area contributed by atoms with Gasteiger partial charge in [-0.3, -0.25) is 10.1 Å². The maximum Gasteiger partial charge on any atom is 0.276 e. The normalized spacial score (nSPS) is 15.2. The quantitative estimate of drug-likeness (QED) is 0.547. The third-order valence-corrected chi connectivity index (χ3v) is 2.27. The van der Waals surface area contributed by atoms with Gasteiger partial charge in [-0.25, -0.2) is 0 Å². The number of benzene rings is 1. The second-order valence-corrected chi connectivity index (χ2v) is 3.47. The molecule has 14 heavy (non-hydrogen) atoms. The number of nitro groups is 1. The lowest BCUT2D eigenvalue weighted by atomic mass is 10.2. The van der Waals surface area contributed by atoms with Gasteiger partial charge in [-0.15, -0.1) is 0 Å². The molecule has 0 unspecified atom stereocenters. The summed E-state index contributed by atoms with van der Waals surface area (Å²) >= 11 is 0. The fraction of sp³-hybridized carbons (Fsp3) is 0.400. The van der Waals surface area contributed by atoms with Gasteiger partial charge in [0.05, 0.1) is 16.6 Å². The van der Waals surface area contributed by atoms with Gasteiger partial charge in [0, 0.05) is 6.07 Å². The lowest BCUT2D eigenvalue weighted by molar-refractivity contribution is -0.385. The fourth-order valence-corrected chi connectivity index (χ4v) is 1.29. The molecule has 1 aliphatic carbocycles. The highest BCUT2D eigenvalue weighted by Gasteiger charge is 2.25. The first-order chi connectivity index (χ1) is 6.68. The summed E-state index contributed by atoms with van der Waals surface area (Å²) in [5, 5.41) is 10.6. The predicted octanol–water partition coefficient (Wildman–Crippen LogP) is 2.44. The van der Waals surface area contributed by atoms with Crippen LogP contribution in [-0.2, 0) is 0 Å². The fourth-order valence-electron chi connectivity index (χ4n) is 1.29. The molecule has 1 fully saturated rings. The molecule has 0 aromatic heterocycles. The SMILES string of the molecule is Cc1c(OC2CC2)cccc1[N+](=O)[O-]. The first-order valence-corrected chi connectivity index (χ1v) is 4.59. The summed E-state index contributed by atoms with van der Waals surface area (Å²) in [6.45, 7) is 1.72. The van der Waals surface area contributed by atoms with E-state index in [0.29, 0.717) is 11.3 Å². The topological polar surface area (TPSA) is 52.4 Å². The molecule has 1 aromatic rings. The highest BCUT2D eigenvalue weighted by molar-refractivity contribution is 5.48. The molecule has 0 saturated heterocycles. The van der Waals surface area contributed by atoms with Crippen molar-refractivity contribution < 1.29 is 9.66 Å². The van der Waals surface area contributed by atoms with Crippen molar-refractivity contribution >= 4 is 5.69 Å². The van der Waals surface area contributed by atoms with Gasteiger partial charge in [0.15, 0.2) is 0 Å². The molecule has 2 rings (SSSR count). The van der Waals surface area contributed by atoms with Crippen LogP contribution in [0.1, 0.15) is 18.4 Å². The monoisotopic (exact) mass is 193 g/mol. The number of hydrogen-bond donors (Lipinski definition) is 0. The van der Waals surface area contributed by atoms with Crippen molar-refractivity contribution in [3.63, 3.8) is 0 Å². The van der Waals surface area contributed by atoms with Crippen LogP contribution in [-0.4, -0.2) is 11.0 Å². The molecule has 0 bridgehead atoms. The lowest BCUT2D eigenvalue weighted by Crippen LogP contribution is -2.00. The van der Waals surface area contributed by atoms with Gasteiger partial charge in [0.1, 0.15) is 5.75 Å². The predicted molar refractivity (Wildman–Crippen MR) is 51.5 cm³/mol. The van der Waals surface area contributed by atoms with Crippen LogP contribution in [0.15, 0.2) is 18.2 Å². The Morgan fingerprint density at radius 1 is 1.50 bits per heavy atom. The highest BCUT2D eigenvalue weighted by Crippen LogP contribution is 2.32. The molecular weight excluding hydrogens is 182 g/mol. The Kier molecular flexibility index (Phi) is 2.11. The lowest BCUT2D eigenvalue weighted by Gasteiger charge is -2.07. The largest absolute Gasteiger partial charge is 0.490 e. The van der Waals surface area contributed by atoms with E-state index in [9.17, 15) is 10.1 Å². The van der Waals surface area contributed by atoms with E-state index in [-0.39, 0.29) is 16.7 Å². The number of ether oxygens (including phenoxy) is 1. The number of nitrogens with zero attached hydrogens (tertiary/aromatic N) is 1. The Labute approximate surface area is 81.7 Å². The van der Waals surface area contributed by atoms with Crippen molar-refractivity contribution in [2.24, 2.45) is 0 Å². The van der Waals surface area contributed by atoms with E-state index in [0.717, 1.165) is 12.8 Å². The second kappa shape index (κ2) is 3.29. The summed E-state index contributed by atoms with van der Waals surface area (Å²) < 4.78 is 5.54. The van der Waals surface area contributed by atoms with Crippen molar-refractivity contribution in [1.82, 2.24) is 0 Å². The van der Waals surface area contributed by atoms with E-state index in [1.165, 1.54) is 6.07 Å². The molecular formula is C10H11NO3. The molecule has 1 saturated carbocycles. The summed E-state index contributed by atoms with van der Waals surface area (Å²) in [4.78, 5) is 10.2. The summed E-state index contributed by atoms with van der Waals surface area (Å²) in [6, 6.07) is 4.93. The molecule has 0 N–H and O–H groups in total. The van der Waals surface area contributed by atoms with Crippen molar-refractivity contribution in [3.8, 4) is 5.75 Å². The molecule has 0 spiro atoms. The first kappa shape index (κ1) is 8.99. The Morgan fingerprint density at radius 3 is 2.79 bits per heavy atom. The van der Waals surface area contributed by atoms with E-state index in [1.54, 1.807) is 19.1 Å². The first-order valence-electron chi connectivity index (χ1n) is 4.59. The molecule has 74 valence electrons. The molecule has 0 aliphatic heterocycles. The van der Waals surface area contributed by atoms with Gasteiger partial charge < -0.3 is 4.74 Å². The average Bonchev–Trinajstić information content (AvgIpc) is 2.92. The molecule has 4 heteroatoms. The van der Waals surface area contributed by atoms with Crippen LogP contribution < -0.4 is 4.74 Å². The number of hydrogen-bond acceptors (Lipinski definition) is 3. The van der Waals surface area contributed by atoms with Crippen LogP contribution in [0.5, 0.6) is 5.75 Å². The Balaban J connectivity index is 2.30. The summed E-state index contributed by atoms with van der Waals surface area (Å²) in [5.74, 6) is 0.640. The summed E-state index contributed by atoms with van der Waals surface area (Å²) in [7, 11) is 0. The van der Waals surface area contributed by atoms with E-state index < -0.39 is 0 Å². The van der Waals surface area contributed by atoms with Crippen molar-refractivity contribution in [2.45, 2.75) is 25.9 Å². The third-order valence-electron chi connectivity index (χ3n) is 2.27. The third kappa shape index (κ3) is 1.69. The Bertz CT molecular complexity index is 372. The minimum absolute atomic E-state index is 0.128. The average molecular weight is 193 g/mol. The standard InChI is InChI=1S/C10H11NO3/c1-7-9(11(12)13)3-2-4-10(7)14-8-5-6-8/h2-4,8H,5-6H2,1H3. The maximum atomic E-state index is 10.6.